The Bertz CT molecular complexity index is 563. The molecular weight excluding hydrogens is 244 g/mol. The van der Waals surface area contributed by atoms with Crippen LogP contribution < -0.4 is 10.6 Å². The third kappa shape index (κ3) is 2.24. The number of anilines is 2. The number of fused-ring (bicyclic) bond motifs is 1. The molecule has 3 nitrogen and oxygen atoms in total. The topological polar surface area (TPSA) is 41.1 Å². The van der Waals surface area contributed by atoms with Gasteiger partial charge in [-0.05, 0) is 54.0 Å². The maximum Gasteiger partial charge on any atom is 0.324 e. The summed E-state index contributed by atoms with van der Waals surface area (Å²) in [5, 5.41) is 8.57. The second-order valence-electron chi connectivity index (χ2n) is 4.35. The molecule has 2 amide bonds. The third-order valence-corrected chi connectivity index (χ3v) is 3.94. The van der Waals surface area contributed by atoms with Gasteiger partial charge in [-0.3, -0.25) is 5.32 Å². The fourth-order valence-electron chi connectivity index (χ4n) is 2.35. The Morgan fingerprint density at radius 1 is 1.11 bits per heavy atom. The second-order valence-corrected chi connectivity index (χ2v) is 5.30. The Morgan fingerprint density at radius 3 is 2.89 bits per heavy atom. The lowest BCUT2D eigenvalue weighted by Gasteiger charge is -2.10. The lowest BCUT2D eigenvalue weighted by atomic mass is 10.1. The van der Waals surface area contributed by atoms with Crippen molar-refractivity contribution in [2.45, 2.75) is 19.3 Å². The lowest BCUT2D eigenvalue weighted by molar-refractivity contribution is 0.262. The van der Waals surface area contributed by atoms with Crippen LogP contribution in [-0.2, 0) is 12.8 Å². The van der Waals surface area contributed by atoms with Crippen LogP contribution in [0.3, 0.4) is 0 Å². The molecule has 1 aromatic heterocycles. The molecular formula is C14H14N2OS. The number of benzene rings is 1. The molecule has 0 saturated carbocycles. The van der Waals surface area contributed by atoms with E-state index in [-0.39, 0.29) is 6.03 Å². The quantitative estimate of drug-likeness (QED) is 0.843. The molecule has 1 aliphatic carbocycles. The lowest BCUT2D eigenvalue weighted by Crippen LogP contribution is -2.19. The number of carbonyl (C=O) groups is 1. The zero-order valence-electron chi connectivity index (χ0n) is 9.90. The smallest absolute Gasteiger partial charge is 0.307 e. The largest absolute Gasteiger partial charge is 0.324 e. The summed E-state index contributed by atoms with van der Waals surface area (Å²) in [6, 6.07) is 9.76. The number of nitrogens with one attached hydrogen (secondary N) is 2. The molecule has 2 N–H and O–H groups in total. The van der Waals surface area contributed by atoms with Crippen LogP contribution in [-0.4, -0.2) is 6.03 Å². The van der Waals surface area contributed by atoms with Gasteiger partial charge in [-0.2, -0.15) is 0 Å². The van der Waals surface area contributed by atoms with E-state index in [9.17, 15) is 4.79 Å². The maximum absolute atomic E-state index is 11.9. The minimum absolute atomic E-state index is 0.169. The van der Waals surface area contributed by atoms with Gasteiger partial charge in [0, 0.05) is 5.69 Å². The van der Waals surface area contributed by atoms with Gasteiger partial charge in [0.2, 0.25) is 0 Å². The van der Waals surface area contributed by atoms with E-state index in [0.717, 1.165) is 23.5 Å². The summed E-state index contributed by atoms with van der Waals surface area (Å²) < 4.78 is 0. The van der Waals surface area contributed by atoms with E-state index in [0.29, 0.717) is 0 Å². The van der Waals surface area contributed by atoms with Crippen molar-refractivity contribution >= 4 is 28.1 Å². The summed E-state index contributed by atoms with van der Waals surface area (Å²) in [7, 11) is 0. The number of amides is 2. The Kier molecular flexibility index (Phi) is 3.02. The van der Waals surface area contributed by atoms with Gasteiger partial charge in [-0.15, -0.1) is 11.3 Å². The molecule has 3 rings (SSSR count). The molecule has 0 unspecified atom stereocenters. The maximum atomic E-state index is 11.9. The van der Waals surface area contributed by atoms with E-state index in [2.05, 4.69) is 16.7 Å². The van der Waals surface area contributed by atoms with Gasteiger partial charge in [0.05, 0.1) is 5.00 Å². The molecule has 0 spiro atoms. The Hall–Kier alpha value is -1.81. The van der Waals surface area contributed by atoms with E-state index in [1.807, 2.05) is 29.6 Å². The first-order chi connectivity index (χ1) is 8.83. The predicted molar refractivity (Wildman–Crippen MR) is 75.4 cm³/mol. The van der Waals surface area contributed by atoms with Crippen molar-refractivity contribution in [3.8, 4) is 0 Å². The van der Waals surface area contributed by atoms with Gasteiger partial charge in [0.1, 0.15) is 0 Å². The van der Waals surface area contributed by atoms with Gasteiger partial charge in [0.25, 0.3) is 0 Å². The summed E-state index contributed by atoms with van der Waals surface area (Å²) >= 11 is 1.52. The predicted octanol–water partition coefficient (Wildman–Crippen LogP) is 3.88. The highest BCUT2D eigenvalue weighted by Gasteiger charge is 2.15. The highest BCUT2D eigenvalue weighted by Crippen LogP contribution is 2.28. The molecule has 4 heteroatoms. The molecule has 1 aromatic carbocycles. The van der Waals surface area contributed by atoms with Gasteiger partial charge >= 0.3 is 6.03 Å². The minimum atomic E-state index is -0.169. The van der Waals surface area contributed by atoms with Crippen molar-refractivity contribution in [1.82, 2.24) is 0 Å². The molecule has 92 valence electrons. The minimum Gasteiger partial charge on any atom is -0.307 e. The first kappa shape index (κ1) is 11.3. The molecule has 1 aliphatic rings. The Labute approximate surface area is 110 Å². The van der Waals surface area contributed by atoms with Crippen molar-refractivity contribution in [2.75, 3.05) is 10.6 Å². The van der Waals surface area contributed by atoms with Gasteiger partial charge in [-0.25, -0.2) is 4.79 Å². The molecule has 1 heterocycles. The van der Waals surface area contributed by atoms with Crippen LogP contribution in [0.1, 0.15) is 17.5 Å². The van der Waals surface area contributed by atoms with Crippen molar-refractivity contribution in [3.05, 3.63) is 46.8 Å². The van der Waals surface area contributed by atoms with Gasteiger partial charge in [-0.1, -0.05) is 12.1 Å². The number of thiophene rings is 1. The Balaban J connectivity index is 1.73. The fraction of sp³-hybridized carbons (Fsp3) is 0.214. The van der Waals surface area contributed by atoms with Crippen LogP contribution in [0.25, 0.3) is 0 Å². The zero-order valence-corrected chi connectivity index (χ0v) is 10.7. The fourth-order valence-corrected chi connectivity index (χ4v) is 2.96. The van der Waals surface area contributed by atoms with Crippen LogP contribution in [0.2, 0.25) is 0 Å². The molecule has 0 radical (unpaired) electrons. The van der Waals surface area contributed by atoms with E-state index < -0.39 is 0 Å². The normalized spacial score (nSPS) is 13.1. The van der Waals surface area contributed by atoms with Crippen LogP contribution in [0, 0.1) is 0 Å². The van der Waals surface area contributed by atoms with E-state index in [4.69, 9.17) is 0 Å². The first-order valence-corrected chi connectivity index (χ1v) is 6.93. The number of aryl methyl sites for hydroxylation is 1. The molecule has 0 aliphatic heterocycles. The highest BCUT2D eigenvalue weighted by atomic mass is 32.1. The van der Waals surface area contributed by atoms with E-state index in [1.54, 1.807) is 0 Å². The molecule has 0 saturated heterocycles. The average molecular weight is 258 g/mol. The van der Waals surface area contributed by atoms with Crippen LogP contribution in [0.4, 0.5) is 15.5 Å². The monoisotopic (exact) mass is 258 g/mol. The molecule has 18 heavy (non-hydrogen) atoms. The third-order valence-electron chi connectivity index (χ3n) is 3.15. The molecule has 2 aromatic rings. The standard InChI is InChI=1S/C14H14N2OS/c17-14(16-13-8-3-9-18-13)15-12-7-2-5-10-4-1-6-11(10)12/h2-3,5,7-9H,1,4,6H2,(H2,15,16,17). The van der Waals surface area contributed by atoms with Gasteiger partial charge in [0.15, 0.2) is 0 Å². The number of rotatable bonds is 2. The average Bonchev–Trinajstić information content (AvgIpc) is 2.99. The molecule has 0 fully saturated rings. The van der Waals surface area contributed by atoms with E-state index in [1.165, 1.54) is 28.9 Å². The molecule has 0 bridgehead atoms. The first-order valence-electron chi connectivity index (χ1n) is 6.05. The second kappa shape index (κ2) is 4.82. The number of carbonyl (C=O) groups excluding carboxylic acids is 1. The summed E-state index contributed by atoms with van der Waals surface area (Å²) in [5.41, 5.74) is 3.60. The number of urea groups is 1. The summed E-state index contributed by atoms with van der Waals surface area (Å²) in [6.45, 7) is 0. The molecule has 0 atom stereocenters. The summed E-state index contributed by atoms with van der Waals surface area (Å²) in [4.78, 5) is 11.9. The Morgan fingerprint density at radius 2 is 2.06 bits per heavy atom. The number of hydrogen-bond acceptors (Lipinski definition) is 2. The van der Waals surface area contributed by atoms with Crippen LogP contribution in [0.5, 0.6) is 0 Å². The van der Waals surface area contributed by atoms with Crippen LogP contribution in [0.15, 0.2) is 35.7 Å². The van der Waals surface area contributed by atoms with Gasteiger partial charge < -0.3 is 5.32 Å². The summed E-state index contributed by atoms with van der Waals surface area (Å²) in [6.07, 6.45) is 3.36. The van der Waals surface area contributed by atoms with Crippen LogP contribution >= 0.6 is 11.3 Å². The summed E-state index contributed by atoms with van der Waals surface area (Å²) in [5.74, 6) is 0. The van der Waals surface area contributed by atoms with E-state index >= 15 is 0 Å². The zero-order chi connectivity index (χ0) is 12.4. The van der Waals surface area contributed by atoms with Crippen molar-refractivity contribution < 1.29 is 4.79 Å². The van der Waals surface area contributed by atoms with Crippen molar-refractivity contribution in [1.29, 1.82) is 0 Å². The van der Waals surface area contributed by atoms with Crippen molar-refractivity contribution in [3.63, 3.8) is 0 Å². The highest BCUT2D eigenvalue weighted by molar-refractivity contribution is 7.14. The number of hydrogen-bond donors (Lipinski definition) is 2. The van der Waals surface area contributed by atoms with Crippen molar-refractivity contribution in [2.24, 2.45) is 0 Å². The SMILES string of the molecule is O=C(Nc1cccs1)Nc1cccc2c1CCC2.